The zero-order valence-electron chi connectivity index (χ0n) is 18.5. The average Bonchev–Trinajstić information content (AvgIpc) is 3.15. The Balaban J connectivity index is 1.61. The molecule has 2 fully saturated rings. The Morgan fingerprint density at radius 1 is 1.12 bits per heavy atom. The van der Waals surface area contributed by atoms with Gasteiger partial charge in [0.05, 0.1) is 25.3 Å². The lowest BCUT2D eigenvalue weighted by Gasteiger charge is -2.32. The number of hydrogen-bond donors (Lipinski definition) is 1. The predicted octanol–water partition coefficient (Wildman–Crippen LogP) is 3.16. The lowest BCUT2D eigenvalue weighted by Crippen LogP contribution is -2.40. The molecule has 2 aliphatic heterocycles. The highest BCUT2D eigenvalue weighted by Crippen LogP contribution is 2.40. The molecule has 0 spiro atoms. The van der Waals surface area contributed by atoms with E-state index in [0.29, 0.717) is 31.3 Å². The van der Waals surface area contributed by atoms with Gasteiger partial charge in [0, 0.05) is 42.9 Å². The predicted molar refractivity (Wildman–Crippen MR) is 123 cm³/mol. The van der Waals surface area contributed by atoms with E-state index in [9.17, 15) is 9.59 Å². The van der Waals surface area contributed by atoms with Crippen LogP contribution in [-0.2, 0) is 20.7 Å². The van der Waals surface area contributed by atoms with Gasteiger partial charge in [-0.15, -0.1) is 0 Å². The van der Waals surface area contributed by atoms with E-state index in [2.05, 4.69) is 10.2 Å². The smallest absolute Gasteiger partial charge is 0.233 e. The van der Waals surface area contributed by atoms with Crippen molar-refractivity contribution >= 4 is 29.3 Å². The number of anilines is 3. The van der Waals surface area contributed by atoms with Crippen molar-refractivity contribution in [2.75, 3.05) is 41.4 Å². The Morgan fingerprint density at radius 3 is 2.66 bits per heavy atom. The lowest BCUT2D eigenvalue weighted by molar-refractivity contribution is -0.118. The normalized spacial score (nSPS) is 19.2. The van der Waals surface area contributed by atoms with Gasteiger partial charge in [-0.05, 0) is 25.0 Å². The van der Waals surface area contributed by atoms with Crippen molar-refractivity contribution in [2.45, 2.75) is 51.5 Å². The Morgan fingerprint density at radius 2 is 1.91 bits per heavy atom. The van der Waals surface area contributed by atoms with Crippen LogP contribution >= 0.6 is 0 Å². The summed E-state index contributed by atoms with van der Waals surface area (Å²) < 4.78 is 5.51. The Labute approximate surface area is 188 Å². The molecule has 8 heteroatoms. The summed E-state index contributed by atoms with van der Waals surface area (Å²) in [5, 5.41) is 2.84. The molecule has 3 aliphatic rings. The quantitative estimate of drug-likeness (QED) is 0.794. The molecular weight excluding hydrogens is 406 g/mol. The van der Waals surface area contributed by atoms with Gasteiger partial charge >= 0.3 is 0 Å². The molecule has 1 aromatic heterocycles. The van der Waals surface area contributed by atoms with Crippen LogP contribution in [0.5, 0.6) is 0 Å². The maximum absolute atomic E-state index is 13.2. The number of carbonyl (C=O) groups is 2. The number of fused-ring (bicyclic) bond motifs is 1. The molecule has 0 unspecified atom stereocenters. The molecule has 0 bridgehead atoms. The van der Waals surface area contributed by atoms with Crippen LogP contribution in [0.4, 0.5) is 17.5 Å². The van der Waals surface area contributed by atoms with E-state index >= 15 is 0 Å². The zero-order valence-corrected chi connectivity index (χ0v) is 18.5. The van der Waals surface area contributed by atoms with Gasteiger partial charge in [0.1, 0.15) is 5.82 Å². The van der Waals surface area contributed by atoms with Gasteiger partial charge in [-0.2, -0.15) is 4.98 Å². The molecule has 1 aromatic carbocycles. The third kappa shape index (κ3) is 4.07. The fraction of sp³-hybridized carbons (Fsp3) is 0.500. The van der Waals surface area contributed by atoms with Crippen molar-refractivity contribution < 1.29 is 14.3 Å². The van der Waals surface area contributed by atoms with Gasteiger partial charge < -0.3 is 15.0 Å². The molecule has 2 amide bonds. The fourth-order valence-electron chi connectivity index (χ4n) is 4.98. The Kier molecular flexibility index (Phi) is 5.78. The number of benzene rings is 1. The number of rotatable bonds is 4. The highest BCUT2D eigenvalue weighted by atomic mass is 16.5. The minimum absolute atomic E-state index is 0.111. The average molecular weight is 436 g/mol. The minimum atomic E-state index is -0.122. The van der Waals surface area contributed by atoms with Crippen LogP contribution in [0.2, 0.25) is 0 Å². The molecule has 0 atom stereocenters. The molecule has 3 heterocycles. The highest BCUT2D eigenvalue weighted by molar-refractivity contribution is 6.03. The second-order valence-electron chi connectivity index (χ2n) is 8.77. The van der Waals surface area contributed by atoms with Crippen molar-refractivity contribution in [3.63, 3.8) is 0 Å². The second kappa shape index (κ2) is 8.86. The van der Waals surface area contributed by atoms with Gasteiger partial charge in [0.25, 0.3) is 0 Å². The maximum Gasteiger partial charge on any atom is 0.233 e. The third-order valence-electron chi connectivity index (χ3n) is 6.49. The van der Waals surface area contributed by atoms with Crippen LogP contribution in [0, 0.1) is 0 Å². The van der Waals surface area contributed by atoms with Gasteiger partial charge in [-0.25, -0.2) is 4.98 Å². The summed E-state index contributed by atoms with van der Waals surface area (Å²) in [5.41, 5.74) is 3.25. The van der Waals surface area contributed by atoms with Crippen molar-refractivity contribution in [1.29, 1.82) is 0 Å². The maximum atomic E-state index is 13.2. The van der Waals surface area contributed by atoms with E-state index in [0.717, 1.165) is 61.4 Å². The number of carbonyl (C=O) groups excluding carboxylic acids is 2. The Hall–Kier alpha value is -3.00. The largest absolute Gasteiger partial charge is 0.378 e. The van der Waals surface area contributed by atoms with E-state index in [1.807, 2.05) is 29.2 Å². The number of hydrogen-bond acceptors (Lipinski definition) is 6. The molecule has 0 radical (unpaired) electrons. The van der Waals surface area contributed by atoms with E-state index in [4.69, 9.17) is 14.7 Å². The van der Waals surface area contributed by atoms with E-state index < -0.39 is 0 Å². The molecule has 1 aliphatic carbocycles. The zero-order chi connectivity index (χ0) is 22.1. The Bertz CT molecular complexity index is 1030. The van der Waals surface area contributed by atoms with E-state index in [-0.39, 0.29) is 17.9 Å². The third-order valence-corrected chi connectivity index (χ3v) is 6.49. The topological polar surface area (TPSA) is 87.7 Å². The first-order valence-electron chi connectivity index (χ1n) is 11.5. The number of nitrogens with one attached hydrogen (secondary N) is 1. The van der Waals surface area contributed by atoms with Gasteiger partial charge in [-0.1, -0.05) is 31.4 Å². The molecule has 5 rings (SSSR count). The summed E-state index contributed by atoms with van der Waals surface area (Å²) in [6.45, 7) is 4.22. The van der Waals surface area contributed by atoms with Crippen LogP contribution in [0.3, 0.4) is 0 Å². The van der Waals surface area contributed by atoms with Gasteiger partial charge in [0.15, 0.2) is 0 Å². The van der Waals surface area contributed by atoms with E-state index in [1.165, 1.54) is 13.3 Å². The molecule has 32 heavy (non-hydrogen) atoms. The standard InChI is InChI=1S/C24H29N5O3/c1-16(30)25-18-7-5-6-17(14-18)22-20-15-21(31)29(19-8-3-2-4-9-19)23(20)27-24(26-22)28-10-12-32-13-11-28/h5-7,14,19H,2-4,8-13,15H2,1H3,(H,25,30). The van der Waals surface area contributed by atoms with Crippen molar-refractivity contribution in [3.8, 4) is 11.3 Å². The molecule has 1 saturated carbocycles. The van der Waals surface area contributed by atoms with Crippen LogP contribution in [0.1, 0.15) is 44.6 Å². The molecule has 1 saturated heterocycles. The lowest BCUT2D eigenvalue weighted by atomic mass is 9.94. The van der Waals surface area contributed by atoms with Crippen molar-refractivity contribution in [2.24, 2.45) is 0 Å². The summed E-state index contributed by atoms with van der Waals surface area (Å²) in [5.74, 6) is 1.39. The molecule has 1 N–H and O–H groups in total. The monoisotopic (exact) mass is 435 g/mol. The first kappa shape index (κ1) is 20.9. The molecular formula is C24H29N5O3. The first-order chi connectivity index (χ1) is 15.6. The van der Waals surface area contributed by atoms with Crippen molar-refractivity contribution in [3.05, 3.63) is 29.8 Å². The number of ether oxygens (including phenoxy) is 1. The number of aromatic nitrogens is 2. The summed E-state index contributed by atoms with van der Waals surface area (Å²) in [7, 11) is 0. The number of amides is 2. The minimum Gasteiger partial charge on any atom is -0.378 e. The SMILES string of the molecule is CC(=O)Nc1cccc(-c2nc(N3CCOCC3)nc3c2CC(=O)N3C2CCCCC2)c1. The fourth-order valence-corrected chi connectivity index (χ4v) is 4.98. The molecule has 2 aromatic rings. The van der Waals surface area contributed by atoms with Crippen LogP contribution in [-0.4, -0.2) is 54.1 Å². The summed E-state index contributed by atoms with van der Waals surface area (Å²) >= 11 is 0. The van der Waals surface area contributed by atoms with Gasteiger partial charge in [0.2, 0.25) is 17.8 Å². The molecule has 168 valence electrons. The first-order valence-corrected chi connectivity index (χ1v) is 11.5. The van der Waals surface area contributed by atoms with Crippen LogP contribution < -0.4 is 15.1 Å². The number of morpholine rings is 1. The second-order valence-corrected chi connectivity index (χ2v) is 8.77. The van der Waals surface area contributed by atoms with Crippen LogP contribution in [0.15, 0.2) is 24.3 Å². The number of nitrogens with zero attached hydrogens (tertiary/aromatic N) is 4. The van der Waals surface area contributed by atoms with E-state index in [1.54, 1.807) is 0 Å². The molecule has 8 nitrogen and oxygen atoms in total. The summed E-state index contributed by atoms with van der Waals surface area (Å²) in [4.78, 5) is 38.7. The summed E-state index contributed by atoms with van der Waals surface area (Å²) in [6, 6.07) is 7.86. The van der Waals surface area contributed by atoms with Crippen LogP contribution in [0.25, 0.3) is 11.3 Å². The van der Waals surface area contributed by atoms with Crippen molar-refractivity contribution in [1.82, 2.24) is 9.97 Å². The highest BCUT2D eigenvalue weighted by Gasteiger charge is 2.38. The summed E-state index contributed by atoms with van der Waals surface area (Å²) in [6.07, 6.45) is 5.89. The van der Waals surface area contributed by atoms with Gasteiger partial charge in [-0.3, -0.25) is 14.5 Å².